The van der Waals surface area contributed by atoms with Crippen molar-refractivity contribution in [1.29, 1.82) is 4.78 Å². The lowest BCUT2D eigenvalue weighted by atomic mass is 10.4. The predicted octanol–water partition coefficient (Wildman–Crippen LogP) is 1.02. The van der Waals surface area contributed by atoms with Crippen LogP contribution in [0.4, 0.5) is 5.69 Å². The molecule has 1 heterocycles. The molecule has 1 aromatic rings. The summed E-state index contributed by atoms with van der Waals surface area (Å²) in [4.78, 5) is 14.1. The van der Waals surface area contributed by atoms with Crippen LogP contribution in [-0.4, -0.2) is 17.6 Å². The molecule has 4 nitrogen and oxygen atoms in total. The highest BCUT2D eigenvalue weighted by atomic mass is 32.2. The summed E-state index contributed by atoms with van der Waals surface area (Å²) in [6.45, 7) is 0. The lowest BCUT2D eigenvalue weighted by Crippen LogP contribution is -1.96. The maximum absolute atomic E-state index is 10.1. The molecular formula is C7H9N3OS. The largest absolute Gasteiger partial charge is 0.329 e. The lowest BCUT2D eigenvalue weighted by molar-refractivity contribution is -0.105. The number of carbonyl (C=O) groups excluding carboxylic acids is 1. The van der Waals surface area contributed by atoms with Gasteiger partial charge in [-0.1, -0.05) is 10.7 Å². The van der Waals surface area contributed by atoms with Crippen molar-refractivity contribution in [2.24, 2.45) is 0 Å². The van der Waals surface area contributed by atoms with Gasteiger partial charge in [0.2, 0.25) is 6.41 Å². The van der Waals surface area contributed by atoms with E-state index in [2.05, 4.69) is 10.3 Å². The van der Waals surface area contributed by atoms with E-state index < -0.39 is 10.7 Å². The maximum atomic E-state index is 10.1. The van der Waals surface area contributed by atoms with E-state index in [1.54, 1.807) is 24.6 Å². The SMILES string of the molecule is CS(=N)c1cc(NC=O)ccn1. The first-order chi connectivity index (χ1) is 5.74. The molecule has 12 heavy (non-hydrogen) atoms. The summed E-state index contributed by atoms with van der Waals surface area (Å²) in [6, 6.07) is 3.38. The van der Waals surface area contributed by atoms with E-state index in [0.29, 0.717) is 17.1 Å². The summed E-state index contributed by atoms with van der Waals surface area (Å²) in [5.74, 6) is 0. The van der Waals surface area contributed by atoms with Crippen molar-refractivity contribution in [1.82, 2.24) is 4.98 Å². The fraction of sp³-hybridized carbons (Fsp3) is 0.143. The topological polar surface area (TPSA) is 65.8 Å². The van der Waals surface area contributed by atoms with Gasteiger partial charge in [-0.15, -0.1) is 0 Å². The van der Waals surface area contributed by atoms with Crippen molar-refractivity contribution in [3.63, 3.8) is 0 Å². The minimum atomic E-state index is -0.610. The Morgan fingerprint density at radius 1 is 1.75 bits per heavy atom. The summed E-state index contributed by atoms with van der Waals surface area (Å²) in [5, 5.41) is 3.19. The van der Waals surface area contributed by atoms with Crippen LogP contribution in [-0.2, 0) is 15.5 Å². The highest BCUT2D eigenvalue weighted by Gasteiger charge is 1.96. The van der Waals surface area contributed by atoms with Gasteiger partial charge in [0.15, 0.2) is 0 Å². The molecule has 0 aromatic carbocycles. The minimum absolute atomic E-state index is 0.608. The van der Waals surface area contributed by atoms with Gasteiger partial charge in [-0.05, 0) is 18.4 Å². The van der Waals surface area contributed by atoms with E-state index in [9.17, 15) is 4.79 Å². The fourth-order valence-electron chi connectivity index (χ4n) is 0.735. The molecule has 1 unspecified atom stereocenters. The number of anilines is 1. The van der Waals surface area contributed by atoms with Gasteiger partial charge < -0.3 is 5.32 Å². The molecule has 0 fully saturated rings. The number of nitrogens with zero attached hydrogens (tertiary/aromatic N) is 1. The molecule has 1 rings (SSSR count). The molecule has 0 bridgehead atoms. The van der Waals surface area contributed by atoms with E-state index in [-0.39, 0.29) is 0 Å². The van der Waals surface area contributed by atoms with Crippen LogP contribution in [0.1, 0.15) is 0 Å². The third-order valence-electron chi connectivity index (χ3n) is 1.27. The number of aromatic nitrogens is 1. The van der Waals surface area contributed by atoms with Crippen LogP contribution in [0, 0.1) is 4.78 Å². The highest BCUT2D eigenvalue weighted by Crippen LogP contribution is 2.09. The number of hydrogen-bond acceptors (Lipinski definition) is 3. The van der Waals surface area contributed by atoms with Crippen molar-refractivity contribution in [3.05, 3.63) is 18.3 Å². The van der Waals surface area contributed by atoms with Gasteiger partial charge in [0, 0.05) is 11.9 Å². The Morgan fingerprint density at radius 3 is 3.08 bits per heavy atom. The Kier molecular flexibility index (Phi) is 2.93. The van der Waals surface area contributed by atoms with E-state index in [1.807, 2.05) is 0 Å². The molecule has 1 amide bonds. The fourth-order valence-corrected chi connectivity index (χ4v) is 1.26. The quantitative estimate of drug-likeness (QED) is 0.687. The first kappa shape index (κ1) is 8.86. The first-order valence-corrected chi connectivity index (χ1v) is 4.91. The summed E-state index contributed by atoms with van der Waals surface area (Å²) < 4.78 is 7.40. The molecule has 64 valence electrons. The number of hydrogen-bond donors (Lipinski definition) is 2. The van der Waals surface area contributed by atoms with Gasteiger partial charge >= 0.3 is 0 Å². The van der Waals surface area contributed by atoms with Crippen molar-refractivity contribution in [2.75, 3.05) is 11.6 Å². The molecule has 0 radical (unpaired) electrons. The molecular weight excluding hydrogens is 174 g/mol. The molecule has 0 aliphatic rings. The van der Waals surface area contributed by atoms with E-state index in [0.717, 1.165) is 0 Å². The summed E-state index contributed by atoms with van der Waals surface area (Å²) in [6.07, 6.45) is 3.95. The standard InChI is InChI=1S/C7H9N3OS/c1-12(8)7-4-6(10-5-11)2-3-9-7/h2-5,8H,1H3,(H,9,10,11). The smallest absolute Gasteiger partial charge is 0.211 e. The third kappa shape index (κ3) is 2.13. The second-order valence-corrected chi connectivity index (χ2v) is 3.59. The van der Waals surface area contributed by atoms with Crippen molar-refractivity contribution in [2.45, 2.75) is 5.03 Å². The zero-order chi connectivity index (χ0) is 8.97. The first-order valence-electron chi connectivity index (χ1n) is 3.27. The zero-order valence-corrected chi connectivity index (χ0v) is 7.39. The van der Waals surface area contributed by atoms with E-state index >= 15 is 0 Å². The number of rotatable bonds is 3. The van der Waals surface area contributed by atoms with Crippen LogP contribution in [0.5, 0.6) is 0 Å². The van der Waals surface area contributed by atoms with Crippen molar-refractivity contribution >= 4 is 22.8 Å². The van der Waals surface area contributed by atoms with E-state index in [1.165, 1.54) is 0 Å². The molecule has 0 spiro atoms. The van der Waals surface area contributed by atoms with Crippen LogP contribution in [0.2, 0.25) is 0 Å². The van der Waals surface area contributed by atoms with Crippen LogP contribution in [0.15, 0.2) is 23.4 Å². The maximum Gasteiger partial charge on any atom is 0.211 e. The van der Waals surface area contributed by atoms with Gasteiger partial charge in [-0.25, -0.2) is 4.98 Å². The minimum Gasteiger partial charge on any atom is -0.329 e. The van der Waals surface area contributed by atoms with Gasteiger partial charge in [-0.3, -0.25) is 9.57 Å². The Morgan fingerprint density at radius 2 is 2.50 bits per heavy atom. The highest BCUT2D eigenvalue weighted by molar-refractivity contribution is 7.85. The van der Waals surface area contributed by atoms with Gasteiger partial charge in [0.25, 0.3) is 0 Å². The third-order valence-corrected chi connectivity index (χ3v) is 2.12. The Balaban J connectivity index is 2.95. The van der Waals surface area contributed by atoms with Crippen LogP contribution in [0.3, 0.4) is 0 Å². The molecule has 0 saturated heterocycles. The van der Waals surface area contributed by atoms with Gasteiger partial charge in [-0.2, -0.15) is 0 Å². The average Bonchev–Trinajstić information content (AvgIpc) is 2.05. The van der Waals surface area contributed by atoms with Gasteiger partial charge in [0.05, 0.1) is 0 Å². The van der Waals surface area contributed by atoms with Gasteiger partial charge in [0.1, 0.15) is 5.03 Å². The monoisotopic (exact) mass is 183 g/mol. The van der Waals surface area contributed by atoms with Crippen LogP contribution in [0.25, 0.3) is 0 Å². The molecule has 0 saturated carbocycles. The number of carbonyl (C=O) groups is 1. The zero-order valence-electron chi connectivity index (χ0n) is 6.57. The normalized spacial score (nSPS) is 12.1. The van der Waals surface area contributed by atoms with Crippen molar-refractivity contribution < 1.29 is 4.79 Å². The molecule has 1 atom stereocenters. The predicted molar refractivity (Wildman–Crippen MR) is 48.2 cm³/mol. The number of pyridine rings is 1. The second kappa shape index (κ2) is 3.96. The Hall–Kier alpha value is -1.23. The number of nitrogens with one attached hydrogen (secondary N) is 2. The molecule has 1 aromatic heterocycles. The van der Waals surface area contributed by atoms with Crippen LogP contribution >= 0.6 is 0 Å². The summed E-state index contributed by atoms with van der Waals surface area (Å²) in [7, 11) is -0.610. The molecule has 5 heteroatoms. The second-order valence-electron chi connectivity index (χ2n) is 2.16. The Bertz CT molecular complexity index is 313. The number of amides is 1. The lowest BCUT2D eigenvalue weighted by Gasteiger charge is -2.00. The van der Waals surface area contributed by atoms with Crippen LogP contribution < -0.4 is 5.32 Å². The molecule has 0 aliphatic carbocycles. The summed E-state index contributed by atoms with van der Waals surface area (Å²) in [5.41, 5.74) is 0.682. The Labute approximate surface area is 72.9 Å². The summed E-state index contributed by atoms with van der Waals surface area (Å²) >= 11 is 0. The molecule has 0 aliphatic heterocycles. The van der Waals surface area contributed by atoms with E-state index in [4.69, 9.17) is 4.78 Å². The molecule has 2 N–H and O–H groups in total. The average molecular weight is 183 g/mol. The van der Waals surface area contributed by atoms with Crippen molar-refractivity contribution in [3.8, 4) is 0 Å².